The van der Waals surface area contributed by atoms with Gasteiger partial charge in [-0.3, -0.25) is 4.79 Å². The Morgan fingerprint density at radius 2 is 1.78 bits per heavy atom. The molecule has 0 aliphatic carbocycles. The van der Waals surface area contributed by atoms with Crippen molar-refractivity contribution in [3.8, 4) is 5.69 Å². The Kier molecular flexibility index (Phi) is 6.24. The lowest BCUT2D eigenvalue weighted by atomic mass is 10.2. The molecule has 2 aromatic carbocycles. The minimum absolute atomic E-state index is 0.328. The summed E-state index contributed by atoms with van der Waals surface area (Å²) in [6.07, 6.45) is 1.64. The van der Waals surface area contributed by atoms with E-state index < -0.39 is 0 Å². The molecule has 0 atom stereocenters. The molecule has 0 saturated carbocycles. The zero-order valence-electron chi connectivity index (χ0n) is 14.6. The second-order valence-corrected chi connectivity index (χ2v) is 8.03. The summed E-state index contributed by atoms with van der Waals surface area (Å²) >= 11 is 14.1. The van der Waals surface area contributed by atoms with Crippen LogP contribution < -0.4 is 5.43 Å². The number of rotatable bonds is 4. The Morgan fingerprint density at radius 1 is 1.07 bits per heavy atom. The smallest absolute Gasteiger partial charge is 0.271 e. The van der Waals surface area contributed by atoms with Crippen molar-refractivity contribution in [2.24, 2.45) is 5.10 Å². The molecule has 0 unspecified atom stereocenters. The molecule has 7 heteroatoms. The number of halogens is 3. The number of carbonyl (C=O) groups excluding carboxylic acids is 1. The SMILES string of the molecule is Cc1cc(/C=N\NC(=O)c2ccc(Cl)c(Cl)c2)c(C)n1-c1ccc(I)cc1. The van der Waals surface area contributed by atoms with E-state index in [9.17, 15) is 4.79 Å². The number of benzene rings is 2. The first-order valence-electron chi connectivity index (χ1n) is 8.10. The first-order chi connectivity index (χ1) is 12.9. The van der Waals surface area contributed by atoms with Crippen LogP contribution in [0, 0.1) is 17.4 Å². The predicted octanol–water partition coefficient (Wildman–Crippen LogP) is 5.77. The number of nitrogens with zero attached hydrogens (tertiary/aromatic N) is 2. The summed E-state index contributed by atoms with van der Waals surface area (Å²) in [5.74, 6) is -0.351. The highest BCUT2D eigenvalue weighted by molar-refractivity contribution is 14.1. The standard InChI is InChI=1S/C20H16Cl2IN3O/c1-12-9-15(13(2)26(12)17-6-4-16(23)5-7-17)11-24-25-20(27)14-3-8-18(21)19(22)10-14/h3-11H,1-2H3,(H,25,27)/b24-11-. The average molecular weight is 512 g/mol. The molecular weight excluding hydrogens is 496 g/mol. The van der Waals surface area contributed by atoms with E-state index in [0.29, 0.717) is 15.6 Å². The molecule has 27 heavy (non-hydrogen) atoms. The molecule has 0 spiro atoms. The molecule has 3 rings (SSSR count). The van der Waals surface area contributed by atoms with Crippen molar-refractivity contribution in [1.82, 2.24) is 9.99 Å². The van der Waals surface area contributed by atoms with Gasteiger partial charge in [0.05, 0.1) is 16.3 Å². The van der Waals surface area contributed by atoms with E-state index in [1.54, 1.807) is 18.3 Å². The van der Waals surface area contributed by atoms with Gasteiger partial charge in [-0.2, -0.15) is 5.10 Å². The Morgan fingerprint density at radius 3 is 2.44 bits per heavy atom. The monoisotopic (exact) mass is 511 g/mol. The van der Waals surface area contributed by atoms with Crippen LogP contribution in [0.3, 0.4) is 0 Å². The molecule has 0 saturated heterocycles. The molecule has 1 N–H and O–H groups in total. The van der Waals surface area contributed by atoms with Crippen LogP contribution in [-0.2, 0) is 0 Å². The first kappa shape index (κ1) is 19.9. The third-order valence-electron chi connectivity index (χ3n) is 4.11. The van der Waals surface area contributed by atoms with Crippen molar-refractivity contribution in [2.45, 2.75) is 13.8 Å². The molecule has 4 nitrogen and oxygen atoms in total. The van der Waals surface area contributed by atoms with Gasteiger partial charge < -0.3 is 4.57 Å². The molecule has 0 aliphatic rings. The summed E-state index contributed by atoms with van der Waals surface area (Å²) in [6.45, 7) is 4.06. The highest BCUT2D eigenvalue weighted by Crippen LogP contribution is 2.23. The van der Waals surface area contributed by atoms with Gasteiger partial charge in [0.1, 0.15) is 0 Å². The van der Waals surface area contributed by atoms with Gasteiger partial charge in [-0.15, -0.1) is 0 Å². The fourth-order valence-electron chi connectivity index (χ4n) is 2.77. The lowest BCUT2D eigenvalue weighted by Gasteiger charge is -2.09. The van der Waals surface area contributed by atoms with Crippen LogP contribution in [-0.4, -0.2) is 16.7 Å². The van der Waals surface area contributed by atoms with Crippen molar-refractivity contribution in [1.29, 1.82) is 0 Å². The van der Waals surface area contributed by atoms with E-state index in [1.807, 2.05) is 19.9 Å². The second-order valence-electron chi connectivity index (χ2n) is 5.97. The maximum atomic E-state index is 12.2. The van der Waals surface area contributed by atoms with Gasteiger partial charge in [-0.1, -0.05) is 23.2 Å². The van der Waals surface area contributed by atoms with Crippen LogP contribution in [0.5, 0.6) is 0 Å². The Labute approximate surface area is 181 Å². The molecule has 0 bridgehead atoms. The van der Waals surface area contributed by atoms with Crippen molar-refractivity contribution in [3.05, 3.63) is 84.7 Å². The van der Waals surface area contributed by atoms with Gasteiger partial charge in [0.15, 0.2) is 0 Å². The third-order valence-corrected chi connectivity index (χ3v) is 5.56. The zero-order chi connectivity index (χ0) is 19.6. The van der Waals surface area contributed by atoms with Gasteiger partial charge in [-0.25, -0.2) is 5.43 Å². The van der Waals surface area contributed by atoms with E-state index in [0.717, 1.165) is 22.6 Å². The molecule has 138 valence electrons. The molecule has 1 aromatic heterocycles. The third kappa shape index (κ3) is 4.54. The minimum atomic E-state index is -0.351. The summed E-state index contributed by atoms with van der Waals surface area (Å²) in [4.78, 5) is 12.2. The van der Waals surface area contributed by atoms with Gasteiger partial charge in [0.25, 0.3) is 5.91 Å². The van der Waals surface area contributed by atoms with Crippen molar-refractivity contribution in [2.75, 3.05) is 0 Å². The van der Waals surface area contributed by atoms with Crippen LogP contribution in [0.4, 0.5) is 0 Å². The van der Waals surface area contributed by atoms with E-state index in [-0.39, 0.29) is 5.91 Å². The Hall–Kier alpha value is -1.83. The second kappa shape index (κ2) is 8.46. The maximum Gasteiger partial charge on any atom is 0.271 e. The Bertz CT molecular complexity index is 1030. The quantitative estimate of drug-likeness (QED) is 0.270. The summed E-state index contributed by atoms with van der Waals surface area (Å²) in [5.41, 5.74) is 7.06. The summed E-state index contributed by atoms with van der Waals surface area (Å²) in [7, 11) is 0. The van der Waals surface area contributed by atoms with E-state index in [4.69, 9.17) is 23.2 Å². The zero-order valence-corrected chi connectivity index (χ0v) is 18.3. The number of carbonyl (C=O) groups is 1. The van der Waals surface area contributed by atoms with Crippen LogP contribution in [0.2, 0.25) is 10.0 Å². The van der Waals surface area contributed by atoms with Gasteiger partial charge in [0.2, 0.25) is 0 Å². The number of aryl methyl sites for hydroxylation is 1. The summed E-state index contributed by atoms with van der Waals surface area (Å²) in [5, 5.41) is 4.81. The van der Waals surface area contributed by atoms with E-state index >= 15 is 0 Å². The topological polar surface area (TPSA) is 46.4 Å². The molecule has 0 fully saturated rings. The summed E-state index contributed by atoms with van der Waals surface area (Å²) in [6, 6.07) is 15.0. The largest absolute Gasteiger partial charge is 0.318 e. The van der Waals surface area contributed by atoms with Crippen molar-refractivity contribution < 1.29 is 4.79 Å². The first-order valence-corrected chi connectivity index (χ1v) is 9.93. The molecule has 3 aromatic rings. The fourth-order valence-corrected chi connectivity index (χ4v) is 3.43. The lowest BCUT2D eigenvalue weighted by molar-refractivity contribution is 0.0955. The number of nitrogens with one attached hydrogen (secondary N) is 1. The van der Waals surface area contributed by atoms with Crippen molar-refractivity contribution >= 4 is 57.9 Å². The number of hydrogen-bond acceptors (Lipinski definition) is 2. The number of hydrogen-bond donors (Lipinski definition) is 1. The highest BCUT2D eigenvalue weighted by atomic mass is 127. The number of hydrazone groups is 1. The lowest BCUT2D eigenvalue weighted by Crippen LogP contribution is -2.17. The van der Waals surface area contributed by atoms with Crippen LogP contribution >= 0.6 is 45.8 Å². The van der Waals surface area contributed by atoms with Gasteiger partial charge in [-0.05, 0) is 85.0 Å². The molecule has 0 aliphatic heterocycles. The molecule has 1 heterocycles. The van der Waals surface area contributed by atoms with Crippen molar-refractivity contribution in [3.63, 3.8) is 0 Å². The Balaban J connectivity index is 1.77. The summed E-state index contributed by atoms with van der Waals surface area (Å²) < 4.78 is 3.34. The number of amides is 1. The minimum Gasteiger partial charge on any atom is -0.318 e. The van der Waals surface area contributed by atoms with E-state index in [1.165, 1.54) is 9.64 Å². The normalized spacial score (nSPS) is 11.1. The average Bonchev–Trinajstić information content (AvgIpc) is 2.92. The maximum absolute atomic E-state index is 12.2. The van der Waals surface area contributed by atoms with Crippen LogP contribution in [0.1, 0.15) is 27.3 Å². The molecular formula is C20H16Cl2IN3O. The fraction of sp³-hybridized carbons (Fsp3) is 0.100. The van der Waals surface area contributed by atoms with Crippen LogP contribution in [0.25, 0.3) is 5.69 Å². The van der Waals surface area contributed by atoms with Gasteiger partial charge >= 0.3 is 0 Å². The highest BCUT2D eigenvalue weighted by Gasteiger charge is 2.10. The number of aromatic nitrogens is 1. The van der Waals surface area contributed by atoms with Crippen LogP contribution in [0.15, 0.2) is 53.6 Å². The van der Waals surface area contributed by atoms with Gasteiger partial charge in [0, 0.05) is 31.8 Å². The van der Waals surface area contributed by atoms with E-state index in [2.05, 4.69) is 62.0 Å². The molecule has 0 radical (unpaired) electrons. The molecule has 1 amide bonds. The predicted molar refractivity (Wildman–Crippen MR) is 119 cm³/mol.